The van der Waals surface area contributed by atoms with Crippen LogP contribution in [0, 0.1) is 11.7 Å². The van der Waals surface area contributed by atoms with Gasteiger partial charge < -0.3 is 14.8 Å². The first-order valence-electron chi connectivity index (χ1n) is 6.71. The molecule has 11 heteroatoms. The second kappa shape index (κ2) is 6.28. The monoisotopic (exact) mass is 373 g/mol. The minimum atomic E-state index is -5.46. The van der Waals surface area contributed by atoms with E-state index in [1.807, 2.05) is 0 Å². The molecule has 1 N–H and O–H groups in total. The van der Waals surface area contributed by atoms with Crippen LogP contribution in [0.5, 0.6) is 0 Å². The van der Waals surface area contributed by atoms with Crippen molar-refractivity contribution >= 4 is 12.2 Å². The van der Waals surface area contributed by atoms with Gasteiger partial charge in [-0.2, -0.15) is 26.3 Å². The number of alkyl halides is 6. The van der Waals surface area contributed by atoms with Gasteiger partial charge in [-0.1, -0.05) is 18.2 Å². The smallest absolute Gasteiger partial charge is 0.365 e. The first kappa shape index (κ1) is 19.2. The van der Waals surface area contributed by atoms with E-state index in [0.717, 1.165) is 24.3 Å². The Morgan fingerprint density at radius 1 is 1.20 bits per heavy atom. The Balaban J connectivity index is 2.60. The number of carbonyl (C=O) groups excluding carboxylic acids is 2. The van der Waals surface area contributed by atoms with Crippen molar-refractivity contribution in [2.45, 2.75) is 24.0 Å². The van der Waals surface area contributed by atoms with Gasteiger partial charge in [0.05, 0.1) is 12.5 Å². The van der Waals surface area contributed by atoms with Crippen LogP contribution in [0.1, 0.15) is 5.56 Å². The van der Waals surface area contributed by atoms with Gasteiger partial charge in [0.25, 0.3) is 0 Å². The van der Waals surface area contributed by atoms with E-state index >= 15 is 0 Å². The fraction of sp³-hybridized carbons (Fsp3) is 0.429. The summed E-state index contributed by atoms with van der Waals surface area (Å²) in [6.45, 7) is -1.16. The molecule has 1 aliphatic heterocycles. The number of amides is 1. The number of nitrogens with one attached hydrogen (secondary N) is 1. The van der Waals surface area contributed by atoms with Crippen molar-refractivity contribution in [2.24, 2.45) is 5.92 Å². The van der Waals surface area contributed by atoms with Crippen LogP contribution in [0.25, 0.3) is 0 Å². The number of rotatable bonds is 3. The summed E-state index contributed by atoms with van der Waals surface area (Å²) >= 11 is 0. The van der Waals surface area contributed by atoms with E-state index in [9.17, 15) is 40.3 Å². The van der Waals surface area contributed by atoms with Gasteiger partial charge >= 0.3 is 18.3 Å². The average Bonchev–Trinajstić information content (AvgIpc) is 2.86. The lowest BCUT2D eigenvalue weighted by atomic mass is 9.78. The third kappa shape index (κ3) is 3.46. The van der Waals surface area contributed by atoms with E-state index in [2.05, 4.69) is 4.74 Å². The van der Waals surface area contributed by atoms with Gasteiger partial charge in [-0.15, -0.1) is 0 Å². The van der Waals surface area contributed by atoms with Gasteiger partial charge in [0.1, 0.15) is 17.6 Å². The number of halogens is 7. The van der Waals surface area contributed by atoms with Crippen LogP contribution in [-0.2, 0) is 19.9 Å². The molecule has 1 aliphatic rings. The zero-order valence-electron chi connectivity index (χ0n) is 12.1. The average molecular weight is 373 g/mol. The number of benzene rings is 1. The maximum atomic E-state index is 14.1. The first-order valence-corrected chi connectivity index (χ1v) is 6.71. The topological polar surface area (TPSA) is 55.4 Å². The summed E-state index contributed by atoms with van der Waals surface area (Å²) in [5, 5.41) is 1.33. The molecule has 1 fully saturated rings. The van der Waals surface area contributed by atoms with Gasteiger partial charge in [-0.05, 0) is 6.07 Å². The second-order valence-electron chi connectivity index (χ2n) is 5.34. The third-order valence-electron chi connectivity index (χ3n) is 3.80. The minimum absolute atomic E-state index is 0.297. The molecule has 0 aliphatic carbocycles. The Labute approximate surface area is 135 Å². The van der Waals surface area contributed by atoms with Crippen molar-refractivity contribution in [3.63, 3.8) is 0 Å². The van der Waals surface area contributed by atoms with Crippen molar-refractivity contribution in [1.82, 2.24) is 5.32 Å². The number of hydrogen-bond donors (Lipinski definition) is 1. The van der Waals surface area contributed by atoms with E-state index in [1.54, 1.807) is 0 Å². The normalized spacial score (nSPS) is 27.2. The van der Waals surface area contributed by atoms with Gasteiger partial charge in [0.2, 0.25) is 0 Å². The maximum absolute atomic E-state index is 14.1. The third-order valence-corrected chi connectivity index (χ3v) is 3.80. The molecular weight excluding hydrogens is 363 g/mol. The predicted octanol–water partition coefficient (Wildman–Crippen LogP) is 2.48. The number of aldehydes is 1. The summed E-state index contributed by atoms with van der Waals surface area (Å²) in [4.78, 5) is 22.6. The summed E-state index contributed by atoms with van der Waals surface area (Å²) < 4.78 is 95.4. The van der Waals surface area contributed by atoms with Crippen molar-refractivity contribution in [1.29, 1.82) is 0 Å². The van der Waals surface area contributed by atoms with Gasteiger partial charge in [0.15, 0.2) is 6.10 Å². The minimum Gasteiger partial charge on any atom is -0.365 e. The highest BCUT2D eigenvalue weighted by molar-refractivity contribution is 5.83. The molecule has 3 atom stereocenters. The Morgan fingerprint density at radius 2 is 1.80 bits per heavy atom. The van der Waals surface area contributed by atoms with E-state index < -0.39 is 53.8 Å². The van der Waals surface area contributed by atoms with Crippen molar-refractivity contribution in [2.75, 3.05) is 6.61 Å². The Kier molecular flexibility index (Phi) is 4.81. The standard InChI is InChI=1S/C14H10F7NO3/c15-9-4-2-1-3-7(9)12(22-11(24)14(19,20)21)6-25-10(8(12)5-23)13(16,17)18/h1-5,8,10H,6H2,(H,22,24)/t8-,10?,12-/m1/s1. The Bertz CT molecular complexity index is 673. The van der Waals surface area contributed by atoms with Gasteiger partial charge in [-0.25, -0.2) is 4.39 Å². The molecule has 2 rings (SSSR count). The van der Waals surface area contributed by atoms with Crippen molar-refractivity contribution < 1.29 is 45.1 Å². The molecule has 0 radical (unpaired) electrons. The second-order valence-corrected chi connectivity index (χ2v) is 5.34. The molecule has 138 valence electrons. The Hall–Kier alpha value is -2.17. The number of ether oxygens (including phenoxy) is 1. The lowest BCUT2D eigenvalue weighted by Crippen LogP contribution is -2.57. The fourth-order valence-electron chi connectivity index (χ4n) is 2.71. The molecule has 1 aromatic carbocycles. The van der Waals surface area contributed by atoms with Crippen LogP contribution in [0.15, 0.2) is 24.3 Å². The van der Waals surface area contributed by atoms with Crippen LogP contribution in [-0.4, -0.2) is 37.3 Å². The quantitative estimate of drug-likeness (QED) is 0.654. The molecule has 1 aromatic rings. The number of hydrogen-bond acceptors (Lipinski definition) is 3. The van der Waals surface area contributed by atoms with E-state index in [4.69, 9.17) is 0 Å². The zero-order chi connectivity index (χ0) is 19.0. The molecule has 25 heavy (non-hydrogen) atoms. The van der Waals surface area contributed by atoms with Crippen molar-refractivity contribution in [3.05, 3.63) is 35.6 Å². The summed E-state index contributed by atoms with van der Waals surface area (Å²) in [5.74, 6) is -6.12. The van der Waals surface area contributed by atoms with E-state index in [-0.39, 0.29) is 6.29 Å². The van der Waals surface area contributed by atoms with Crippen LogP contribution < -0.4 is 5.32 Å². The van der Waals surface area contributed by atoms with Gasteiger partial charge in [0, 0.05) is 5.56 Å². The summed E-state index contributed by atoms with van der Waals surface area (Å²) in [6.07, 6.45) is -13.7. The molecule has 0 bridgehead atoms. The Morgan fingerprint density at radius 3 is 2.28 bits per heavy atom. The number of carbonyl (C=O) groups is 2. The van der Waals surface area contributed by atoms with Crippen molar-refractivity contribution in [3.8, 4) is 0 Å². The molecule has 0 aromatic heterocycles. The maximum Gasteiger partial charge on any atom is 0.471 e. The van der Waals surface area contributed by atoms with Crippen LogP contribution >= 0.6 is 0 Å². The van der Waals surface area contributed by atoms with Gasteiger partial charge in [-0.3, -0.25) is 4.79 Å². The summed E-state index contributed by atoms with van der Waals surface area (Å²) in [6, 6.07) is 3.94. The largest absolute Gasteiger partial charge is 0.471 e. The van der Waals surface area contributed by atoms with E-state index in [0.29, 0.717) is 0 Å². The molecule has 4 nitrogen and oxygen atoms in total. The fourth-order valence-corrected chi connectivity index (χ4v) is 2.71. The molecule has 1 heterocycles. The van der Waals surface area contributed by atoms with E-state index in [1.165, 1.54) is 5.32 Å². The molecule has 0 spiro atoms. The molecule has 1 saturated heterocycles. The lowest BCUT2D eigenvalue weighted by Gasteiger charge is -2.34. The summed E-state index contributed by atoms with van der Waals surface area (Å²) in [7, 11) is 0. The molecule has 1 unspecified atom stereocenters. The zero-order valence-corrected chi connectivity index (χ0v) is 12.1. The highest BCUT2D eigenvalue weighted by Crippen LogP contribution is 2.45. The highest BCUT2D eigenvalue weighted by Gasteiger charge is 2.62. The molecular formula is C14H10F7NO3. The van der Waals surface area contributed by atoms with Crippen LogP contribution in [0.4, 0.5) is 30.7 Å². The summed E-state index contributed by atoms with van der Waals surface area (Å²) in [5.41, 5.74) is -3.36. The molecule has 1 amide bonds. The predicted molar refractivity (Wildman–Crippen MR) is 67.6 cm³/mol. The SMILES string of the molecule is O=C[C@@H]1C(C(F)(F)F)OC[C@@]1(NC(=O)C(F)(F)F)c1ccccc1F. The lowest BCUT2D eigenvalue weighted by molar-refractivity contribution is -0.215. The van der Waals surface area contributed by atoms with Crippen LogP contribution in [0.2, 0.25) is 0 Å². The highest BCUT2D eigenvalue weighted by atomic mass is 19.4. The van der Waals surface area contributed by atoms with Crippen LogP contribution in [0.3, 0.4) is 0 Å². The first-order chi connectivity index (χ1) is 11.4. The molecule has 0 saturated carbocycles.